The Morgan fingerprint density at radius 2 is 2.04 bits per heavy atom. The summed E-state index contributed by atoms with van der Waals surface area (Å²) in [6, 6.07) is 14.1. The molecule has 148 valence electrons. The molecule has 0 saturated carbocycles. The van der Waals surface area contributed by atoms with Gasteiger partial charge in [-0.15, -0.1) is 11.3 Å². The van der Waals surface area contributed by atoms with Crippen LogP contribution in [0.2, 0.25) is 0 Å². The summed E-state index contributed by atoms with van der Waals surface area (Å²) in [5.41, 5.74) is 2.50. The van der Waals surface area contributed by atoms with Gasteiger partial charge < -0.3 is 10.1 Å². The molecule has 0 aliphatic rings. The van der Waals surface area contributed by atoms with E-state index in [2.05, 4.69) is 36.4 Å². The van der Waals surface area contributed by atoms with Gasteiger partial charge in [-0.1, -0.05) is 50.2 Å². The van der Waals surface area contributed by atoms with Gasteiger partial charge in [0.05, 0.1) is 17.0 Å². The molecular weight excluding hydrogens is 370 g/mol. The van der Waals surface area contributed by atoms with E-state index >= 15 is 0 Å². The molecule has 0 saturated heterocycles. The fourth-order valence-corrected chi connectivity index (χ4v) is 3.55. The normalized spacial score (nSPS) is 11.1. The van der Waals surface area contributed by atoms with Crippen molar-refractivity contribution in [3.8, 4) is 10.6 Å². The number of hydrogen-bond acceptors (Lipinski definition) is 4. The van der Waals surface area contributed by atoms with Crippen molar-refractivity contribution >= 4 is 17.2 Å². The van der Waals surface area contributed by atoms with Gasteiger partial charge in [-0.05, 0) is 29.3 Å². The molecule has 28 heavy (non-hydrogen) atoms. The predicted molar refractivity (Wildman–Crippen MR) is 114 cm³/mol. The average Bonchev–Trinajstić information content (AvgIpc) is 3.34. The SMILES string of the molecule is CC(C)COCCCNC(=O)c1cn(Cc2ccccc2)nc1-c1cccs1. The minimum absolute atomic E-state index is 0.0911. The van der Waals surface area contributed by atoms with Crippen LogP contribution < -0.4 is 5.32 Å². The number of carbonyl (C=O) groups is 1. The standard InChI is InChI=1S/C22H27N3O2S/c1-17(2)16-27-12-7-11-23-22(26)19-15-25(14-18-8-4-3-5-9-18)24-21(19)20-10-6-13-28-20/h3-6,8-10,13,15,17H,7,11-12,14,16H2,1-2H3,(H,23,26). The van der Waals surface area contributed by atoms with Gasteiger partial charge in [-0.2, -0.15) is 5.10 Å². The fraction of sp³-hybridized carbons (Fsp3) is 0.364. The first-order valence-corrected chi connectivity index (χ1v) is 10.5. The van der Waals surface area contributed by atoms with Gasteiger partial charge in [0.15, 0.2) is 0 Å². The molecule has 3 aromatic rings. The highest BCUT2D eigenvalue weighted by Crippen LogP contribution is 2.27. The van der Waals surface area contributed by atoms with Crippen LogP contribution in [0.5, 0.6) is 0 Å². The molecule has 3 rings (SSSR count). The number of thiophene rings is 1. The highest BCUT2D eigenvalue weighted by Gasteiger charge is 2.18. The van der Waals surface area contributed by atoms with Crippen molar-refractivity contribution in [2.24, 2.45) is 5.92 Å². The zero-order chi connectivity index (χ0) is 19.8. The van der Waals surface area contributed by atoms with Crippen LogP contribution in [0.3, 0.4) is 0 Å². The number of benzene rings is 1. The Labute approximate surface area is 170 Å². The maximum Gasteiger partial charge on any atom is 0.255 e. The first-order chi connectivity index (χ1) is 13.6. The van der Waals surface area contributed by atoms with Gasteiger partial charge in [-0.25, -0.2) is 0 Å². The molecule has 1 N–H and O–H groups in total. The second-order valence-electron chi connectivity index (χ2n) is 7.13. The molecule has 0 fully saturated rings. The van der Waals surface area contributed by atoms with Gasteiger partial charge >= 0.3 is 0 Å². The number of aromatic nitrogens is 2. The van der Waals surface area contributed by atoms with Crippen LogP contribution in [0, 0.1) is 5.92 Å². The second kappa shape index (κ2) is 10.2. The molecule has 0 unspecified atom stereocenters. The van der Waals surface area contributed by atoms with Gasteiger partial charge in [0.25, 0.3) is 5.91 Å². The van der Waals surface area contributed by atoms with E-state index in [-0.39, 0.29) is 5.91 Å². The van der Waals surface area contributed by atoms with Gasteiger partial charge in [0.1, 0.15) is 5.69 Å². The fourth-order valence-electron chi connectivity index (χ4n) is 2.82. The smallest absolute Gasteiger partial charge is 0.255 e. The Morgan fingerprint density at radius 1 is 1.21 bits per heavy atom. The van der Waals surface area contributed by atoms with Crippen LogP contribution in [0.25, 0.3) is 10.6 Å². The van der Waals surface area contributed by atoms with Crippen LogP contribution >= 0.6 is 11.3 Å². The Kier molecular flexibility index (Phi) is 7.39. The van der Waals surface area contributed by atoms with Crippen molar-refractivity contribution in [2.45, 2.75) is 26.8 Å². The predicted octanol–water partition coefficient (Wildman–Crippen LogP) is 4.45. The van der Waals surface area contributed by atoms with E-state index in [9.17, 15) is 4.79 Å². The monoisotopic (exact) mass is 397 g/mol. The molecule has 2 heterocycles. The lowest BCUT2D eigenvalue weighted by Gasteiger charge is -2.07. The van der Waals surface area contributed by atoms with Crippen molar-refractivity contribution in [1.82, 2.24) is 15.1 Å². The molecule has 0 aliphatic carbocycles. The summed E-state index contributed by atoms with van der Waals surface area (Å²) in [5, 5.41) is 9.69. The zero-order valence-electron chi connectivity index (χ0n) is 16.4. The van der Waals surface area contributed by atoms with Crippen LogP contribution in [-0.2, 0) is 11.3 Å². The van der Waals surface area contributed by atoms with Crippen LogP contribution in [0.1, 0.15) is 36.2 Å². The third-order valence-electron chi connectivity index (χ3n) is 4.15. The van der Waals surface area contributed by atoms with E-state index < -0.39 is 0 Å². The summed E-state index contributed by atoms with van der Waals surface area (Å²) in [4.78, 5) is 13.8. The molecule has 0 spiro atoms. The first-order valence-electron chi connectivity index (χ1n) is 9.64. The number of amides is 1. The third-order valence-corrected chi connectivity index (χ3v) is 5.03. The highest BCUT2D eigenvalue weighted by atomic mass is 32.1. The minimum atomic E-state index is -0.0911. The van der Waals surface area contributed by atoms with E-state index in [0.717, 1.165) is 29.2 Å². The molecule has 0 bridgehead atoms. The molecule has 5 nitrogen and oxygen atoms in total. The van der Waals surface area contributed by atoms with Gasteiger partial charge in [0.2, 0.25) is 0 Å². The second-order valence-corrected chi connectivity index (χ2v) is 8.08. The third kappa shape index (κ3) is 5.78. The average molecular weight is 398 g/mol. The quantitative estimate of drug-likeness (QED) is 0.514. The first kappa shape index (κ1) is 20.3. The molecule has 0 radical (unpaired) electrons. The van der Waals surface area contributed by atoms with Crippen LogP contribution in [-0.4, -0.2) is 35.4 Å². The molecule has 0 aliphatic heterocycles. The summed E-state index contributed by atoms with van der Waals surface area (Å²) in [6.45, 7) is 6.88. The molecule has 1 amide bonds. The van der Waals surface area contributed by atoms with Crippen molar-refractivity contribution < 1.29 is 9.53 Å². The zero-order valence-corrected chi connectivity index (χ0v) is 17.2. The maximum absolute atomic E-state index is 12.8. The van der Waals surface area contributed by atoms with E-state index in [1.165, 1.54) is 0 Å². The Hall–Kier alpha value is -2.44. The lowest BCUT2D eigenvalue weighted by molar-refractivity contribution is 0.0925. The number of rotatable bonds is 10. The number of nitrogens with zero attached hydrogens (tertiary/aromatic N) is 2. The van der Waals surface area contributed by atoms with Crippen LogP contribution in [0.15, 0.2) is 54.0 Å². The van der Waals surface area contributed by atoms with E-state index in [0.29, 0.717) is 31.2 Å². The van der Waals surface area contributed by atoms with Crippen molar-refractivity contribution in [2.75, 3.05) is 19.8 Å². The Morgan fingerprint density at radius 3 is 2.75 bits per heavy atom. The maximum atomic E-state index is 12.8. The summed E-state index contributed by atoms with van der Waals surface area (Å²) in [5.74, 6) is 0.435. The van der Waals surface area contributed by atoms with Crippen molar-refractivity contribution in [1.29, 1.82) is 0 Å². The lowest BCUT2D eigenvalue weighted by Crippen LogP contribution is -2.25. The summed E-state index contributed by atoms with van der Waals surface area (Å²) < 4.78 is 7.41. The van der Waals surface area contributed by atoms with Crippen molar-refractivity contribution in [3.63, 3.8) is 0 Å². The summed E-state index contributed by atoms with van der Waals surface area (Å²) in [7, 11) is 0. The molecule has 0 atom stereocenters. The topological polar surface area (TPSA) is 56.1 Å². The van der Waals surface area contributed by atoms with Crippen molar-refractivity contribution in [3.05, 3.63) is 65.2 Å². The number of ether oxygens (including phenoxy) is 1. The Balaban J connectivity index is 1.65. The number of carbonyl (C=O) groups excluding carboxylic acids is 1. The van der Waals surface area contributed by atoms with E-state index in [1.807, 2.05) is 46.6 Å². The molecule has 1 aromatic carbocycles. The van der Waals surface area contributed by atoms with Gasteiger partial charge in [-0.3, -0.25) is 9.48 Å². The van der Waals surface area contributed by atoms with E-state index in [4.69, 9.17) is 4.74 Å². The highest BCUT2D eigenvalue weighted by molar-refractivity contribution is 7.13. The summed E-state index contributed by atoms with van der Waals surface area (Å²) >= 11 is 1.59. The summed E-state index contributed by atoms with van der Waals surface area (Å²) in [6.07, 6.45) is 2.64. The molecule has 2 aromatic heterocycles. The van der Waals surface area contributed by atoms with Crippen LogP contribution in [0.4, 0.5) is 0 Å². The largest absolute Gasteiger partial charge is 0.381 e. The molecular formula is C22H27N3O2S. The van der Waals surface area contributed by atoms with Gasteiger partial charge in [0, 0.05) is 26.0 Å². The minimum Gasteiger partial charge on any atom is -0.381 e. The molecule has 6 heteroatoms. The van der Waals surface area contributed by atoms with E-state index in [1.54, 1.807) is 11.3 Å². The Bertz CT molecular complexity index is 857. The number of nitrogens with one attached hydrogen (secondary N) is 1. The number of hydrogen-bond donors (Lipinski definition) is 1. The lowest BCUT2D eigenvalue weighted by atomic mass is 10.2.